The van der Waals surface area contributed by atoms with Crippen molar-refractivity contribution >= 4 is 29.1 Å². The average Bonchev–Trinajstić information content (AvgIpc) is 2.03. The molecule has 0 heterocycles. The van der Waals surface area contributed by atoms with Crippen LogP contribution in [0.15, 0.2) is 24.3 Å². The maximum absolute atomic E-state index is 10.8. The van der Waals surface area contributed by atoms with E-state index in [4.69, 9.17) is 12.5 Å². The molecule has 0 fully saturated rings. The summed E-state index contributed by atoms with van der Waals surface area (Å²) >= 11 is -5.09. The van der Waals surface area contributed by atoms with E-state index in [9.17, 15) is 7.81 Å². The molecule has 0 aliphatic heterocycles. The Morgan fingerprint density at radius 1 is 1.23 bits per heavy atom. The van der Waals surface area contributed by atoms with E-state index in [-0.39, 0.29) is 9.07 Å². The zero-order chi connectivity index (χ0) is 10.1. The second-order valence-corrected chi connectivity index (χ2v) is 7.03. The fourth-order valence-electron chi connectivity index (χ4n) is 0.820. The molecule has 13 heavy (non-hydrogen) atoms. The molecule has 1 amide bonds. The van der Waals surface area contributed by atoms with Gasteiger partial charge in [-0.15, -0.1) is 0 Å². The fraction of sp³-hybridized carbons (Fsp3) is 0. The number of nitrogens with two attached hydrogens (primary N) is 1. The molecule has 0 bridgehead atoms. The van der Waals surface area contributed by atoms with Crippen LogP contribution in [0, 0.1) is 0 Å². The van der Waals surface area contributed by atoms with Crippen molar-refractivity contribution in [1.82, 2.24) is 0 Å². The summed E-state index contributed by atoms with van der Waals surface area (Å²) in [7, 11) is 0. The van der Waals surface area contributed by atoms with Crippen LogP contribution in [0.2, 0.25) is 0 Å². The van der Waals surface area contributed by atoms with Gasteiger partial charge in [0.2, 0.25) is 0 Å². The van der Waals surface area contributed by atoms with Crippen molar-refractivity contribution in [2.45, 2.75) is 0 Å². The van der Waals surface area contributed by atoms with Crippen LogP contribution in [0.5, 0.6) is 0 Å². The predicted molar refractivity (Wildman–Crippen MR) is 45.5 cm³/mol. The van der Waals surface area contributed by atoms with E-state index in [2.05, 4.69) is 0 Å². The topological polar surface area (TPSA) is 101 Å². The molecule has 1 rings (SSSR count). The molecule has 0 aromatic heterocycles. The van der Waals surface area contributed by atoms with Crippen molar-refractivity contribution in [2.24, 2.45) is 5.73 Å². The third-order valence-electron chi connectivity index (χ3n) is 1.49. The van der Waals surface area contributed by atoms with Crippen LogP contribution in [0.4, 0.5) is 0 Å². The fourth-order valence-corrected chi connectivity index (χ4v) is 2.35. The standard InChI is InChI=1S/C7H6NO.2H2O.O.Sb/c8-7(9)6-4-2-1-3-5-6;;;;/h2-5H,(H2,8,9);2*1H2;;/q;;;;+2/p-2. The van der Waals surface area contributed by atoms with E-state index in [0.717, 1.165) is 0 Å². The number of hydrogen-bond acceptors (Lipinski definition) is 2. The first-order chi connectivity index (χ1) is 5.91. The van der Waals surface area contributed by atoms with Crippen molar-refractivity contribution in [3.05, 3.63) is 29.8 Å². The zero-order valence-electron chi connectivity index (χ0n) is 6.54. The van der Waals surface area contributed by atoms with E-state index >= 15 is 0 Å². The minimum atomic E-state index is -5.09. The average molecular weight is 292 g/mol. The van der Waals surface area contributed by atoms with Gasteiger partial charge in [-0.05, 0) is 0 Å². The van der Waals surface area contributed by atoms with Crippen molar-refractivity contribution in [3.8, 4) is 0 Å². The third kappa shape index (κ3) is 2.59. The Bertz CT molecular complexity index is 367. The quantitative estimate of drug-likeness (QED) is 0.568. The van der Waals surface area contributed by atoms with E-state index in [1.54, 1.807) is 0 Å². The van der Waals surface area contributed by atoms with Crippen LogP contribution in [-0.2, 0) is 3.02 Å². The Morgan fingerprint density at radius 2 is 1.69 bits per heavy atom. The summed E-state index contributed by atoms with van der Waals surface area (Å²) in [5.41, 5.74) is 5.18. The summed E-state index contributed by atoms with van der Waals surface area (Å²) in [5.74, 6) is -0.618. The molecular formula is C7H8NO4Sb. The second-order valence-electron chi connectivity index (χ2n) is 2.46. The van der Waals surface area contributed by atoms with Crippen molar-refractivity contribution in [2.75, 3.05) is 0 Å². The van der Waals surface area contributed by atoms with Crippen LogP contribution in [0.1, 0.15) is 10.4 Å². The summed E-state index contributed by atoms with van der Waals surface area (Å²) in [5, 5.41) is 0. The molecule has 0 saturated heterocycles. The number of rotatable bonds is 2. The number of carbonyl (C=O) groups excluding carboxylic acids is 1. The van der Waals surface area contributed by atoms with Crippen LogP contribution >= 0.6 is 0 Å². The molecule has 4 N–H and O–H groups in total. The van der Waals surface area contributed by atoms with Gasteiger partial charge in [0.15, 0.2) is 0 Å². The Balaban J connectivity index is 3.08. The normalized spacial score (nSPS) is 11.2. The van der Waals surface area contributed by atoms with E-state index in [1.807, 2.05) is 0 Å². The predicted octanol–water partition coefficient (Wildman–Crippen LogP) is -1.65. The molecule has 1 aromatic rings. The first-order valence-electron chi connectivity index (χ1n) is 3.37. The van der Waals surface area contributed by atoms with Crippen LogP contribution < -0.4 is 9.24 Å². The zero-order valence-corrected chi connectivity index (χ0v) is 9.10. The molecule has 70 valence electrons. The van der Waals surface area contributed by atoms with Crippen LogP contribution in [-0.4, -0.2) is 32.3 Å². The van der Waals surface area contributed by atoms with E-state index < -0.39 is 25.5 Å². The number of primary amides is 1. The first kappa shape index (κ1) is 10.3. The Hall–Kier alpha value is -0.772. The molecular weight excluding hydrogens is 284 g/mol. The summed E-state index contributed by atoms with van der Waals surface area (Å²) in [6.07, 6.45) is 0. The van der Waals surface area contributed by atoms with Gasteiger partial charge in [-0.25, -0.2) is 0 Å². The van der Waals surface area contributed by atoms with Crippen molar-refractivity contribution in [1.29, 1.82) is 0 Å². The van der Waals surface area contributed by atoms with Gasteiger partial charge in [0, 0.05) is 0 Å². The van der Waals surface area contributed by atoms with Gasteiger partial charge in [-0.3, -0.25) is 0 Å². The number of amides is 1. The Morgan fingerprint density at radius 3 is 2.00 bits per heavy atom. The molecule has 0 unspecified atom stereocenters. The molecule has 6 heteroatoms. The summed E-state index contributed by atoms with van der Waals surface area (Å²) < 4.78 is 28.3. The van der Waals surface area contributed by atoms with Gasteiger partial charge < -0.3 is 0 Å². The molecule has 1 aromatic carbocycles. The molecule has 0 aliphatic carbocycles. The maximum atomic E-state index is 10.8. The number of carbonyl (C=O) groups is 1. The Labute approximate surface area is 79.3 Å². The van der Waals surface area contributed by atoms with Crippen LogP contribution in [0.3, 0.4) is 0 Å². The number of hydrogen-bond donors (Lipinski definition) is 3. The summed E-state index contributed by atoms with van der Waals surface area (Å²) in [6, 6.07) is 5.04. The molecule has 0 saturated carbocycles. The molecule has 0 spiro atoms. The Kier molecular flexibility index (Phi) is 2.80. The minimum absolute atomic E-state index is 0.0384. The molecule has 0 aliphatic rings. The molecule has 0 radical (unpaired) electrons. The van der Waals surface area contributed by atoms with Gasteiger partial charge in [0.25, 0.3) is 0 Å². The molecule has 5 nitrogen and oxygen atoms in total. The van der Waals surface area contributed by atoms with Gasteiger partial charge in [-0.2, -0.15) is 0 Å². The van der Waals surface area contributed by atoms with E-state index in [0.29, 0.717) is 0 Å². The number of benzene rings is 1. The summed E-state index contributed by atoms with van der Waals surface area (Å²) in [6.45, 7) is 0. The van der Waals surface area contributed by atoms with Gasteiger partial charge in [0.05, 0.1) is 0 Å². The van der Waals surface area contributed by atoms with Crippen LogP contribution in [0.25, 0.3) is 0 Å². The monoisotopic (exact) mass is 291 g/mol. The van der Waals surface area contributed by atoms with Gasteiger partial charge >= 0.3 is 79.2 Å². The first-order valence-corrected chi connectivity index (χ1v) is 7.97. The van der Waals surface area contributed by atoms with E-state index in [1.165, 1.54) is 24.3 Å². The second kappa shape index (κ2) is 3.54. The van der Waals surface area contributed by atoms with Gasteiger partial charge in [-0.1, -0.05) is 0 Å². The van der Waals surface area contributed by atoms with Crippen molar-refractivity contribution < 1.29 is 14.6 Å². The van der Waals surface area contributed by atoms with Gasteiger partial charge in [0.1, 0.15) is 0 Å². The SMILES string of the molecule is NC(=O)c1cc[c]([Sb](=[O])([OH])[OH])cc1. The molecule has 0 atom stereocenters. The van der Waals surface area contributed by atoms with Crippen molar-refractivity contribution in [3.63, 3.8) is 0 Å². The summed E-state index contributed by atoms with van der Waals surface area (Å²) in [4.78, 5) is 10.6. The third-order valence-corrected chi connectivity index (χ3v) is 4.26.